The van der Waals surface area contributed by atoms with Gasteiger partial charge in [0.2, 0.25) is 0 Å². The zero-order valence-electron chi connectivity index (χ0n) is 11.7. The summed E-state index contributed by atoms with van der Waals surface area (Å²) < 4.78 is 31.9. The van der Waals surface area contributed by atoms with Crippen LogP contribution in [-0.2, 0) is 14.8 Å². The predicted octanol–water partition coefficient (Wildman–Crippen LogP) is 2.50. The molecule has 0 spiro atoms. The molecule has 1 aliphatic heterocycles. The quantitative estimate of drug-likeness (QED) is 0.614. The van der Waals surface area contributed by atoms with Crippen LogP contribution in [0.1, 0.15) is 20.8 Å². The van der Waals surface area contributed by atoms with Crippen molar-refractivity contribution in [2.45, 2.75) is 36.7 Å². The number of nitrogens with zero attached hydrogens (tertiary/aromatic N) is 2. The number of ether oxygens (including phenoxy) is 1. The van der Waals surface area contributed by atoms with Gasteiger partial charge in [0.15, 0.2) is 4.34 Å². The molecule has 0 bridgehead atoms. The van der Waals surface area contributed by atoms with E-state index in [1.54, 1.807) is 20.8 Å². The zero-order valence-corrected chi connectivity index (χ0v) is 14.1. The van der Waals surface area contributed by atoms with E-state index in [9.17, 15) is 18.5 Å². The van der Waals surface area contributed by atoms with Crippen molar-refractivity contribution >= 4 is 38.6 Å². The molecule has 1 aromatic rings. The van der Waals surface area contributed by atoms with E-state index in [1.807, 2.05) is 0 Å². The first-order chi connectivity index (χ1) is 9.53. The lowest BCUT2D eigenvalue weighted by Gasteiger charge is -2.40. The molecule has 0 amide bonds. The van der Waals surface area contributed by atoms with Gasteiger partial charge in [-0.05, 0) is 20.8 Å². The minimum absolute atomic E-state index is 0.121. The maximum absolute atomic E-state index is 12.6. The molecule has 2 rings (SSSR count). The van der Waals surface area contributed by atoms with Gasteiger partial charge >= 0.3 is 0 Å². The molecule has 0 radical (unpaired) electrons. The Hall–Kier alpha value is -0.740. The molecule has 1 fully saturated rings. The number of thiophene rings is 1. The highest BCUT2D eigenvalue weighted by Crippen LogP contribution is 2.38. The Morgan fingerprint density at radius 3 is 2.67 bits per heavy atom. The van der Waals surface area contributed by atoms with E-state index in [-0.39, 0.29) is 33.4 Å². The normalized spacial score (nSPS) is 23.1. The summed E-state index contributed by atoms with van der Waals surface area (Å²) in [5.41, 5.74) is -1.00. The van der Waals surface area contributed by atoms with Crippen LogP contribution in [0.4, 0.5) is 5.69 Å². The molecule has 0 aromatic carbocycles. The lowest BCUT2D eigenvalue weighted by atomic mass is 10.1. The Labute approximate surface area is 131 Å². The largest absolute Gasteiger partial charge is 0.370 e. The Balaban J connectivity index is 2.38. The average molecular weight is 355 g/mol. The van der Waals surface area contributed by atoms with E-state index in [0.717, 1.165) is 6.07 Å². The van der Waals surface area contributed by atoms with Gasteiger partial charge in [-0.2, -0.15) is 4.31 Å². The van der Waals surface area contributed by atoms with Gasteiger partial charge in [0.1, 0.15) is 4.21 Å². The molecule has 1 aliphatic rings. The van der Waals surface area contributed by atoms with Gasteiger partial charge in [-0.3, -0.25) is 10.1 Å². The lowest BCUT2D eigenvalue weighted by Crippen LogP contribution is -2.53. The maximum Gasteiger partial charge on any atom is 0.300 e. The second-order valence-corrected chi connectivity index (χ2v) is 9.29. The first kappa shape index (κ1) is 16.6. The number of halogens is 1. The van der Waals surface area contributed by atoms with Crippen LogP contribution in [0.5, 0.6) is 0 Å². The van der Waals surface area contributed by atoms with Gasteiger partial charge in [-0.25, -0.2) is 8.42 Å². The first-order valence-corrected chi connectivity index (χ1v) is 8.78. The highest BCUT2D eigenvalue weighted by molar-refractivity contribution is 7.91. The average Bonchev–Trinajstić information content (AvgIpc) is 2.69. The van der Waals surface area contributed by atoms with Crippen molar-refractivity contribution in [3.63, 3.8) is 0 Å². The van der Waals surface area contributed by atoms with Gasteiger partial charge in [0.25, 0.3) is 15.7 Å². The van der Waals surface area contributed by atoms with Crippen molar-refractivity contribution in [1.29, 1.82) is 0 Å². The van der Waals surface area contributed by atoms with Crippen LogP contribution in [0.25, 0.3) is 0 Å². The Kier molecular flexibility index (Phi) is 4.33. The maximum atomic E-state index is 12.6. The fourth-order valence-corrected chi connectivity index (χ4v) is 5.78. The van der Waals surface area contributed by atoms with Crippen molar-refractivity contribution in [3.8, 4) is 0 Å². The van der Waals surface area contributed by atoms with Crippen LogP contribution < -0.4 is 0 Å². The van der Waals surface area contributed by atoms with Crippen LogP contribution in [0.2, 0.25) is 4.34 Å². The summed E-state index contributed by atoms with van der Waals surface area (Å²) in [4.78, 5) is 10.1. The molecular formula is C11H15ClN2O5S2. The summed E-state index contributed by atoms with van der Waals surface area (Å²) in [6, 6.07) is 1.01. The number of rotatable bonds is 3. The van der Waals surface area contributed by atoms with Crippen molar-refractivity contribution in [3.05, 3.63) is 20.5 Å². The number of morpholine rings is 1. The molecule has 118 valence electrons. The third kappa shape index (κ3) is 3.37. The number of sulfonamides is 1. The fraction of sp³-hybridized carbons (Fsp3) is 0.636. The van der Waals surface area contributed by atoms with E-state index in [0.29, 0.717) is 11.3 Å². The zero-order chi connectivity index (χ0) is 16.0. The van der Waals surface area contributed by atoms with Crippen molar-refractivity contribution in [1.82, 2.24) is 4.31 Å². The number of hydrogen-bond acceptors (Lipinski definition) is 6. The minimum atomic E-state index is -3.82. The molecule has 1 unspecified atom stereocenters. The first-order valence-electron chi connectivity index (χ1n) is 6.14. The second kappa shape index (κ2) is 5.47. The third-order valence-electron chi connectivity index (χ3n) is 2.98. The number of hydrogen-bond donors (Lipinski definition) is 0. The summed E-state index contributed by atoms with van der Waals surface area (Å²) in [6.07, 6.45) is -0.256. The van der Waals surface area contributed by atoms with Crippen LogP contribution >= 0.6 is 22.9 Å². The highest BCUT2D eigenvalue weighted by Gasteiger charge is 2.39. The third-order valence-corrected chi connectivity index (χ3v) is 6.57. The van der Waals surface area contributed by atoms with Crippen molar-refractivity contribution < 1.29 is 18.1 Å². The van der Waals surface area contributed by atoms with E-state index in [4.69, 9.17) is 16.3 Å². The second-order valence-electron chi connectivity index (χ2n) is 5.47. The summed E-state index contributed by atoms with van der Waals surface area (Å²) >= 11 is 6.44. The van der Waals surface area contributed by atoms with Gasteiger partial charge in [0.05, 0.1) is 16.6 Å². The minimum Gasteiger partial charge on any atom is -0.370 e. The smallest absolute Gasteiger partial charge is 0.300 e. The number of nitro groups is 1. The van der Waals surface area contributed by atoms with Gasteiger partial charge in [0, 0.05) is 19.2 Å². The molecular weight excluding hydrogens is 340 g/mol. The monoisotopic (exact) mass is 354 g/mol. The van der Waals surface area contributed by atoms with Gasteiger partial charge in [-0.15, -0.1) is 11.3 Å². The van der Waals surface area contributed by atoms with Crippen LogP contribution in [0, 0.1) is 10.1 Å². The predicted molar refractivity (Wildman–Crippen MR) is 79.4 cm³/mol. The molecule has 1 saturated heterocycles. The summed E-state index contributed by atoms with van der Waals surface area (Å²) in [5, 5.41) is 10.8. The van der Waals surface area contributed by atoms with Crippen LogP contribution in [-0.4, -0.2) is 42.4 Å². The van der Waals surface area contributed by atoms with Crippen LogP contribution in [0.3, 0.4) is 0 Å². The van der Waals surface area contributed by atoms with Crippen molar-refractivity contribution in [2.24, 2.45) is 0 Å². The molecule has 7 nitrogen and oxygen atoms in total. The molecule has 0 saturated carbocycles. The summed E-state index contributed by atoms with van der Waals surface area (Å²) in [6.45, 7) is 5.77. The molecule has 1 atom stereocenters. The van der Waals surface area contributed by atoms with Crippen molar-refractivity contribution in [2.75, 3.05) is 13.1 Å². The lowest BCUT2D eigenvalue weighted by molar-refractivity contribution is -0.384. The summed E-state index contributed by atoms with van der Waals surface area (Å²) in [7, 11) is -3.82. The topological polar surface area (TPSA) is 89.8 Å². The molecule has 1 aromatic heterocycles. The summed E-state index contributed by atoms with van der Waals surface area (Å²) in [5.74, 6) is 0. The Morgan fingerprint density at radius 2 is 2.19 bits per heavy atom. The molecule has 0 N–H and O–H groups in total. The Bertz CT molecular complexity index is 670. The van der Waals surface area contributed by atoms with E-state index in [2.05, 4.69) is 0 Å². The molecule has 10 heteroatoms. The van der Waals surface area contributed by atoms with Gasteiger partial charge in [-0.1, -0.05) is 11.6 Å². The SMILES string of the molecule is CC1CN(S(=O)(=O)c2cc([N+](=O)[O-])c(Cl)s2)CC(C)(C)O1. The molecule has 0 aliphatic carbocycles. The van der Waals surface area contributed by atoms with Crippen LogP contribution in [0.15, 0.2) is 10.3 Å². The fourth-order valence-electron chi connectivity index (χ4n) is 2.30. The molecule has 21 heavy (non-hydrogen) atoms. The van der Waals surface area contributed by atoms with E-state index in [1.165, 1.54) is 4.31 Å². The van der Waals surface area contributed by atoms with E-state index < -0.39 is 20.5 Å². The highest BCUT2D eigenvalue weighted by atomic mass is 35.5. The van der Waals surface area contributed by atoms with Gasteiger partial charge < -0.3 is 4.74 Å². The van der Waals surface area contributed by atoms with E-state index >= 15 is 0 Å². The molecule has 2 heterocycles. The standard InChI is InChI=1S/C11H15ClN2O5S2/c1-7-5-13(6-11(2,3)19-7)21(17,18)9-4-8(14(15)16)10(12)20-9/h4,7H,5-6H2,1-3H3. The Morgan fingerprint density at radius 1 is 1.57 bits per heavy atom.